The predicted molar refractivity (Wildman–Crippen MR) is 92.9 cm³/mol. The van der Waals surface area contributed by atoms with Crippen molar-refractivity contribution in [2.45, 2.75) is 33.2 Å². The minimum atomic E-state index is -0.736. The van der Waals surface area contributed by atoms with E-state index in [1.54, 1.807) is 7.11 Å². The van der Waals surface area contributed by atoms with E-state index in [4.69, 9.17) is 4.74 Å². The van der Waals surface area contributed by atoms with Crippen molar-refractivity contribution in [2.75, 3.05) is 13.7 Å². The first-order valence-corrected chi connectivity index (χ1v) is 8.06. The number of methoxy groups -OCH3 is 1. The molecule has 0 aliphatic heterocycles. The molecular weight excluding hydrogens is 290 g/mol. The van der Waals surface area contributed by atoms with Gasteiger partial charge in [-0.05, 0) is 29.7 Å². The fourth-order valence-electron chi connectivity index (χ4n) is 2.99. The number of hydrogen-bond donors (Lipinski definition) is 2. The number of fused-ring (bicyclic) bond motifs is 1. The molecule has 23 heavy (non-hydrogen) atoms. The number of rotatable bonds is 8. The Morgan fingerprint density at radius 2 is 1.87 bits per heavy atom. The summed E-state index contributed by atoms with van der Waals surface area (Å²) in [6.07, 6.45) is 1.22. The van der Waals surface area contributed by atoms with Crippen LogP contribution in [0.3, 0.4) is 0 Å². The molecule has 0 atom stereocenters. The normalized spacial score (nSPS) is 11.6. The second kappa shape index (κ2) is 7.47. The summed E-state index contributed by atoms with van der Waals surface area (Å²) in [6.45, 7) is 4.89. The van der Waals surface area contributed by atoms with Crippen LogP contribution in [-0.2, 0) is 11.3 Å². The molecule has 4 heteroatoms. The molecule has 0 heterocycles. The number of aliphatic carboxylic acids is 1. The van der Waals surface area contributed by atoms with Crippen molar-refractivity contribution in [2.24, 2.45) is 5.41 Å². The molecule has 124 valence electrons. The Kier molecular flexibility index (Phi) is 5.61. The number of carboxylic acid groups (broad SMARTS) is 1. The summed E-state index contributed by atoms with van der Waals surface area (Å²) < 4.78 is 5.48. The number of carbonyl (C=O) groups is 1. The molecule has 4 nitrogen and oxygen atoms in total. The summed E-state index contributed by atoms with van der Waals surface area (Å²) in [5.41, 5.74) is 0.356. The zero-order chi connectivity index (χ0) is 16.9. The van der Waals surface area contributed by atoms with E-state index in [2.05, 4.69) is 17.4 Å². The summed E-state index contributed by atoms with van der Waals surface area (Å²) in [6, 6.07) is 12.2. The maximum Gasteiger partial charge on any atom is 0.310 e. The van der Waals surface area contributed by atoms with Gasteiger partial charge in [-0.1, -0.05) is 44.2 Å². The van der Waals surface area contributed by atoms with Gasteiger partial charge in [0.05, 0.1) is 12.5 Å². The van der Waals surface area contributed by atoms with Crippen LogP contribution < -0.4 is 10.1 Å². The van der Waals surface area contributed by atoms with Gasteiger partial charge in [-0.25, -0.2) is 0 Å². The number of benzene rings is 2. The van der Waals surface area contributed by atoms with Gasteiger partial charge in [0.25, 0.3) is 0 Å². The summed E-state index contributed by atoms with van der Waals surface area (Å²) in [5, 5.41) is 15.1. The Morgan fingerprint density at radius 1 is 1.17 bits per heavy atom. The van der Waals surface area contributed by atoms with Gasteiger partial charge in [-0.2, -0.15) is 0 Å². The fraction of sp³-hybridized carbons (Fsp3) is 0.421. The summed E-state index contributed by atoms with van der Waals surface area (Å²) in [4.78, 5) is 11.6. The monoisotopic (exact) mass is 315 g/mol. The Hall–Kier alpha value is -2.07. The van der Waals surface area contributed by atoms with Gasteiger partial charge in [-0.3, -0.25) is 4.79 Å². The van der Waals surface area contributed by atoms with Gasteiger partial charge in [0.15, 0.2) is 0 Å². The zero-order valence-electron chi connectivity index (χ0n) is 14.1. The van der Waals surface area contributed by atoms with Gasteiger partial charge in [-0.15, -0.1) is 0 Å². The van der Waals surface area contributed by atoms with Gasteiger partial charge >= 0.3 is 5.97 Å². The summed E-state index contributed by atoms with van der Waals surface area (Å²) in [5.74, 6) is 0.0880. The van der Waals surface area contributed by atoms with E-state index >= 15 is 0 Å². The Balaban J connectivity index is 2.23. The first kappa shape index (κ1) is 17.3. The first-order chi connectivity index (χ1) is 11.1. The van der Waals surface area contributed by atoms with Crippen LogP contribution in [0.2, 0.25) is 0 Å². The van der Waals surface area contributed by atoms with E-state index in [0.717, 1.165) is 22.1 Å². The van der Waals surface area contributed by atoms with E-state index in [9.17, 15) is 9.90 Å². The van der Waals surface area contributed by atoms with Gasteiger partial charge in [0.2, 0.25) is 0 Å². The molecule has 2 rings (SSSR count). The summed E-state index contributed by atoms with van der Waals surface area (Å²) >= 11 is 0. The second-order valence-electron chi connectivity index (χ2n) is 5.86. The molecule has 0 spiro atoms. The minimum absolute atomic E-state index is 0.446. The Bertz CT molecular complexity index is 677. The Morgan fingerprint density at radius 3 is 2.48 bits per heavy atom. The third-order valence-electron chi connectivity index (χ3n) is 4.79. The van der Waals surface area contributed by atoms with Crippen molar-refractivity contribution in [3.05, 3.63) is 42.0 Å². The van der Waals surface area contributed by atoms with Crippen LogP contribution in [0.4, 0.5) is 0 Å². The number of hydrogen-bond acceptors (Lipinski definition) is 3. The average Bonchev–Trinajstić information content (AvgIpc) is 2.58. The number of ether oxygens (including phenoxy) is 1. The lowest BCUT2D eigenvalue weighted by molar-refractivity contribution is -0.149. The van der Waals surface area contributed by atoms with Crippen LogP contribution in [0.1, 0.15) is 32.3 Å². The van der Waals surface area contributed by atoms with Crippen molar-refractivity contribution in [3.63, 3.8) is 0 Å². The third kappa shape index (κ3) is 3.48. The lowest BCUT2D eigenvalue weighted by Gasteiger charge is -2.27. The van der Waals surface area contributed by atoms with E-state index in [1.807, 2.05) is 38.1 Å². The van der Waals surface area contributed by atoms with E-state index in [1.165, 1.54) is 0 Å². The Labute approximate surface area is 137 Å². The van der Waals surface area contributed by atoms with Gasteiger partial charge in [0.1, 0.15) is 5.75 Å². The van der Waals surface area contributed by atoms with Gasteiger partial charge in [0, 0.05) is 18.7 Å². The molecular formula is C19H25NO3. The zero-order valence-corrected chi connectivity index (χ0v) is 14.1. The van der Waals surface area contributed by atoms with Gasteiger partial charge < -0.3 is 15.2 Å². The van der Waals surface area contributed by atoms with E-state index < -0.39 is 11.4 Å². The molecule has 0 aliphatic carbocycles. The van der Waals surface area contributed by atoms with Crippen LogP contribution in [0.5, 0.6) is 5.75 Å². The van der Waals surface area contributed by atoms with Crippen LogP contribution in [0, 0.1) is 5.41 Å². The maximum absolute atomic E-state index is 11.6. The van der Waals surface area contributed by atoms with Crippen LogP contribution in [0.25, 0.3) is 10.8 Å². The largest absolute Gasteiger partial charge is 0.496 e. The first-order valence-electron chi connectivity index (χ1n) is 8.06. The number of carboxylic acids is 1. The molecule has 0 aliphatic rings. The second-order valence-corrected chi connectivity index (χ2v) is 5.86. The molecule has 0 aromatic heterocycles. The average molecular weight is 315 g/mol. The predicted octanol–water partition coefficient (Wildman–Crippen LogP) is 3.83. The molecule has 0 saturated carbocycles. The van der Waals surface area contributed by atoms with Crippen molar-refractivity contribution >= 4 is 16.7 Å². The standard InChI is InChI=1S/C19H25NO3/c1-4-19(5-2,18(21)22)13-20-12-16-15-9-7-6-8-14(15)10-11-17(16)23-3/h6-11,20H,4-5,12-13H2,1-3H3,(H,21,22). The lowest BCUT2D eigenvalue weighted by atomic mass is 9.82. The van der Waals surface area contributed by atoms with E-state index in [0.29, 0.717) is 25.9 Å². The fourth-order valence-corrected chi connectivity index (χ4v) is 2.99. The molecule has 0 radical (unpaired) electrons. The molecule has 0 unspecified atom stereocenters. The highest BCUT2D eigenvalue weighted by Crippen LogP contribution is 2.29. The molecule has 0 amide bonds. The molecule has 0 saturated heterocycles. The topological polar surface area (TPSA) is 58.6 Å². The third-order valence-corrected chi connectivity index (χ3v) is 4.79. The molecule has 0 bridgehead atoms. The minimum Gasteiger partial charge on any atom is -0.496 e. The van der Waals surface area contributed by atoms with Crippen LogP contribution in [0.15, 0.2) is 36.4 Å². The van der Waals surface area contributed by atoms with Crippen molar-refractivity contribution < 1.29 is 14.6 Å². The maximum atomic E-state index is 11.6. The highest BCUT2D eigenvalue weighted by Gasteiger charge is 2.34. The smallest absolute Gasteiger partial charge is 0.310 e. The number of nitrogens with one attached hydrogen (secondary N) is 1. The quantitative estimate of drug-likeness (QED) is 0.777. The highest BCUT2D eigenvalue weighted by molar-refractivity contribution is 5.87. The highest BCUT2D eigenvalue weighted by atomic mass is 16.5. The van der Waals surface area contributed by atoms with Crippen LogP contribution >= 0.6 is 0 Å². The lowest BCUT2D eigenvalue weighted by Crippen LogP contribution is -2.40. The van der Waals surface area contributed by atoms with E-state index in [-0.39, 0.29) is 0 Å². The van der Waals surface area contributed by atoms with Crippen molar-refractivity contribution in [1.82, 2.24) is 5.32 Å². The molecule has 2 aromatic rings. The van der Waals surface area contributed by atoms with Crippen LogP contribution in [-0.4, -0.2) is 24.7 Å². The molecule has 0 fully saturated rings. The molecule has 2 aromatic carbocycles. The SMILES string of the molecule is CCC(CC)(CNCc1c(OC)ccc2ccccc12)C(=O)O. The molecule has 2 N–H and O–H groups in total. The summed E-state index contributed by atoms with van der Waals surface area (Å²) in [7, 11) is 1.66. The van der Waals surface area contributed by atoms with Crippen molar-refractivity contribution in [1.29, 1.82) is 0 Å². The van der Waals surface area contributed by atoms with Crippen molar-refractivity contribution in [3.8, 4) is 5.75 Å².